The summed E-state index contributed by atoms with van der Waals surface area (Å²) in [5.41, 5.74) is 0.529. The smallest absolute Gasteiger partial charge is 0.275 e. The third kappa shape index (κ3) is 5.04. The van der Waals surface area contributed by atoms with Crippen molar-refractivity contribution in [3.8, 4) is 11.5 Å². The first kappa shape index (κ1) is 18.4. The molecule has 1 aromatic carbocycles. The second kappa shape index (κ2) is 7.32. The third-order valence-electron chi connectivity index (χ3n) is 3.58. The molecule has 2 atom stereocenters. The molecule has 2 aromatic rings. The van der Waals surface area contributed by atoms with Crippen molar-refractivity contribution in [2.45, 2.75) is 39.3 Å². The Morgan fingerprint density at radius 1 is 1.38 bits per heavy atom. The number of aromatic nitrogens is 2. The van der Waals surface area contributed by atoms with E-state index in [9.17, 15) is 4.79 Å². The molecule has 0 saturated heterocycles. The predicted octanol–water partition coefficient (Wildman–Crippen LogP) is 1.88. The molecule has 7 heteroatoms. The van der Waals surface area contributed by atoms with Crippen LogP contribution in [0.1, 0.15) is 39.6 Å². The van der Waals surface area contributed by atoms with Crippen LogP contribution in [0.4, 0.5) is 0 Å². The molecule has 0 spiro atoms. The van der Waals surface area contributed by atoms with Crippen molar-refractivity contribution in [1.29, 1.82) is 0 Å². The van der Waals surface area contributed by atoms with Crippen LogP contribution in [0, 0.1) is 0 Å². The van der Waals surface area contributed by atoms with E-state index in [0.717, 1.165) is 10.5 Å². The predicted molar refractivity (Wildman–Crippen MR) is 92.8 cm³/mol. The van der Waals surface area contributed by atoms with E-state index in [1.165, 1.54) is 0 Å². The van der Waals surface area contributed by atoms with Crippen LogP contribution in [0.25, 0.3) is 11.5 Å². The molecule has 1 amide bonds. The number of nitrogens with one attached hydrogen (secondary N) is 2. The molecule has 0 radical (unpaired) electrons. The quantitative estimate of drug-likeness (QED) is 0.862. The molecule has 130 valence electrons. The SMILES string of the molecule is C[C@@H](c1nnc(-c2cccc(Cl)c2)o1)[NH+](C)CC(=O)NC(C)(C)C. The number of rotatable bonds is 5. The van der Waals surface area contributed by atoms with Crippen LogP contribution in [-0.2, 0) is 4.79 Å². The standard InChI is InChI=1S/C17H23ClN4O2/c1-11(22(5)10-14(23)19-17(2,3)4)15-20-21-16(24-15)12-7-6-8-13(18)9-12/h6-9,11H,10H2,1-5H3,(H,19,23)/p+1/t11-/m0/s1. The summed E-state index contributed by atoms with van der Waals surface area (Å²) in [4.78, 5) is 13.0. The number of quaternary nitrogens is 1. The Balaban J connectivity index is 2.05. The second-order valence-electron chi connectivity index (χ2n) is 7.00. The minimum absolute atomic E-state index is 0.0126. The van der Waals surface area contributed by atoms with Crippen molar-refractivity contribution in [2.75, 3.05) is 13.6 Å². The number of nitrogens with zero attached hydrogens (tertiary/aromatic N) is 2. The normalized spacial score (nSPS) is 14.2. The van der Waals surface area contributed by atoms with Crippen LogP contribution in [0.3, 0.4) is 0 Å². The van der Waals surface area contributed by atoms with Crippen LogP contribution in [0.5, 0.6) is 0 Å². The summed E-state index contributed by atoms with van der Waals surface area (Å²) in [7, 11) is 1.93. The van der Waals surface area contributed by atoms with E-state index in [4.69, 9.17) is 16.0 Å². The first-order valence-corrected chi connectivity index (χ1v) is 8.26. The van der Waals surface area contributed by atoms with Gasteiger partial charge in [0.2, 0.25) is 5.89 Å². The highest BCUT2D eigenvalue weighted by Crippen LogP contribution is 2.22. The summed E-state index contributed by atoms with van der Waals surface area (Å²) in [5.74, 6) is 0.902. The van der Waals surface area contributed by atoms with Gasteiger partial charge in [0.25, 0.3) is 11.8 Å². The molecule has 0 aliphatic heterocycles. The van der Waals surface area contributed by atoms with Gasteiger partial charge in [-0.25, -0.2) is 0 Å². The van der Waals surface area contributed by atoms with E-state index in [0.29, 0.717) is 23.3 Å². The Hall–Kier alpha value is -1.92. The molecule has 2 N–H and O–H groups in total. The number of carbonyl (C=O) groups excluding carboxylic acids is 1. The van der Waals surface area contributed by atoms with Gasteiger partial charge < -0.3 is 14.6 Å². The van der Waals surface area contributed by atoms with Crippen LogP contribution in [-0.4, -0.2) is 35.2 Å². The minimum Gasteiger partial charge on any atom is -0.415 e. The maximum absolute atomic E-state index is 12.1. The number of halogens is 1. The zero-order valence-corrected chi connectivity index (χ0v) is 15.4. The first-order chi connectivity index (χ1) is 11.2. The second-order valence-corrected chi connectivity index (χ2v) is 7.44. The van der Waals surface area contributed by atoms with E-state index < -0.39 is 0 Å². The van der Waals surface area contributed by atoms with Gasteiger partial charge in [0.1, 0.15) is 0 Å². The highest BCUT2D eigenvalue weighted by Gasteiger charge is 2.25. The molecular formula is C17H24ClN4O2+. The van der Waals surface area contributed by atoms with Crippen molar-refractivity contribution in [3.05, 3.63) is 35.2 Å². The van der Waals surface area contributed by atoms with Gasteiger partial charge in [-0.2, -0.15) is 0 Å². The number of amides is 1. The maximum Gasteiger partial charge on any atom is 0.275 e. The average Bonchev–Trinajstić information content (AvgIpc) is 2.94. The monoisotopic (exact) mass is 351 g/mol. The van der Waals surface area contributed by atoms with Crippen molar-refractivity contribution < 1.29 is 14.1 Å². The van der Waals surface area contributed by atoms with Crippen LogP contribution in [0.2, 0.25) is 5.02 Å². The Kier molecular flexibility index (Phi) is 5.62. The lowest BCUT2D eigenvalue weighted by atomic mass is 10.1. The average molecular weight is 352 g/mol. The fraction of sp³-hybridized carbons (Fsp3) is 0.471. The van der Waals surface area contributed by atoms with E-state index in [1.807, 2.05) is 46.9 Å². The molecule has 2 rings (SSSR count). The largest absolute Gasteiger partial charge is 0.415 e. The van der Waals surface area contributed by atoms with Gasteiger partial charge in [-0.3, -0.25) is 4.79 Å². The van der Waals surface area contributed by atoms with Crippen LogP contribution >= 0.6 is 11.6 Å². The number of hydrogen-bond donors (Lipinski definition) is 2. The molecule has 0 aliphatic carbocycles. The Labute approximate surface area is 147 Å². The minimum atomic E-state index is -0.245. The fourth-order valence-electron chi connectivity index (χ4n) is 2.23. The van der Waals surface area contributed by atoms with Crippen molar-refractivity contribution >= 4 is 17.5 Å². The topological polar surface area (TPSA) is 72.5 Å². The lowest BCUT2D eigenvalue weighted by molar-refractivity contribution is -0.903. The summed E-state index contributed by atoms with van der Waals surface area (Å²) >= 11 is 5.99. The highest BCUT2D eigenvalue weighted by molar-refractivity contribution is 6.30. The Morgan fingerprint density at radius 2 is 2.08 bits per heavy atom. The van der Waals surface area contributed by atoms with Crippen molar-refractivity contribution in [3.63, 3.8) is 0 Å². The molecule has 24 heavy (non-hydrogen) atoms. The molecular weight excluding hydrogens is 328 g/mol. The van der Waals surface area contributed by atoms with Gasteiger partial charge in [0, 0.05) is 16.1 Å². The Bertz CT molecular complexity index is 709. The zero-order chi connectivity index (χ0) is 17.9. The summed E-state index contributed by atoms with van der Waals surface area (Å²) in [6, 6.07) is 7.16. The van der Waals surface area contributed by atoms with Gasteiger partial charge >= 0.3 is 0 Å². The van der Waals surface area contributed by atoms with E-state index in [-0.39, 0.29) is 17.5 Å². The van der Waals surface area contributed by atoms with Gasteiger partial charge in [0.15, 0.2) is 12.6 Å². The number of carbonyl (C=O) groups is 1. The Morgan fingerprint density at radius 3 is 2.71 bits per heavy atom. The molecule has 1 unspecified atom stereocenters. The third-order valence-corrected chi connectivity index (χ3v) is 3.81. The van der Waals surface area contributed by atoms with Gasteiger partial charge in [-0.1, -0.05) is 17.7 Å². The molecule has 0 saturated carbocycles. The van der Waals surface area contributed by atoms with Gasteiger partial charge in [-0.15, -0.1) is 10.2 Å². The van der Waals surface area contributed by atoms with E-state index >= 15 is 0 Å². The number of likely N-dealkylation sites (N-methyl/N-ethyl adjacent to an activating group) is 1. The zero-order valence-electron chi connectivity index (χ0n) is 14.7. The number of hydrogen-bond acceptors (Lipinski definition) is 4. The summed E-state index contributed by atoms with van der Waals surface area (Å²) in [5, 5.41) is 11.8. The van der Waals surface area contributed by atoms with Crippen molar-refractivity contribution in [2.24, 2.45) is 0 Å². The maximum atomic E-state index is 12.1. The molecule has 0 fully saturated rings. The van der Waals surface area contributed by atoms with E-state index in [2.05, 4.69) is 15.5 Å². The lowest BCUT2D eigenvalue weighted by Crippen LogP contribution is -3.10. The van der Waals surface area contributed by atoms with Crippen LogP contribution in [0.15, 0.2) is 28.7 Å². The molecule has 1 aromatic heterocycles. The lowest BCUT2D eigenvalue weighted by Gasteiger charge is -2.23. The summed E-state index contributed by atoms with van der Waals surface area (Å²) < 4.78 is 5.76. The number of benzene rings is 1. The van der Waals surface area contributed by atoms with Crippen molar-refractivity contribution in [1.82, 2.24) is 15.5 Å². The summed E-state index contributed by atoms with van der Waals surface area (Å²) in [6.07, 6.45) is 0. The van der Waals surface area contributed by atoms with E-state index in [1.54, 1.807) is 12.1 Å². The molecule has 0 bridgehead atoms. The molecule has 0 aliphatic rings. The fourth-order valence-corrected chi connectivity index (χ4v) is 2.42. The summed E-state index contributed by atoms with van der Waals surface area (Å²) in [6.45, 7) is 8.15. The molecule has 6 nitrogen and oxygen atoms in total. The highest BCUT2D eigenvalue weighted by atomic mass is 35.5. The van der Waals surface area contributed by atoms with Gasteiger partial charge in [-0.05, 0) is 45.9 Å². The molecule has 1 heterocycles. The first-order valence-electron chi connectivity index (χ1n) is 7.88. The van der Waals surface area contributed by atoms with Gasteiger partial charge in [0.05, 0.1) is 7.05 Å². The van der Waals surface area contributed by atoms with Crippen LogP contribution < -0.4 is 10.2 Å².